The van der Waals surface area contributed by atoms with Gasteiger partial charge in [0, 0.05) is 4.88 Å². The first kappa shape index (κ1) is 12.3. The van der Waals surface area contributed by atoms with E-state index in [4.69, 9.17) is 5.84 Å². The molecule has 1 aromatic carbocycles. The molecule has 1 heterocycles. The van der Waals surface area contributed by atoms with E-state index in [1.165, 1.54) is 16.0 Å². The quantitative estimate of drug-likeness (QED) is 0.628. The Morgan fingerprint density at radius 1 is 1.24 bits per heavy atom. The van der Waals surface area contributed by atoms with Crippen molar-refractivity contribution in [3.63, 3.8) is 0 Å². The van der Waals surface area contributed by atoms with Gasteiger partial charge in [-0.25, -0.2) is 0 Å². The van der Waals surface area contributed by atoms with Crippen LogP contribution in [-0.4, -0.2) is 0 Å². The summed E-state index contributed by atoms with van der Waals surface area (Å²) in [5, 5.41) is 2.09. The van der Waals surface area contributed by atoms with Gasteiger partial charge in [-0.05, 0) is 36.8 Å². The molecule has 1 atom stereocenters. The summed E-state index contributed by atoms with van der Waals surface area (Å²) >= 11 is 1.75. The molecule has 0 saturated heterocycles. The number of rotatable bonds is 5. The second-order valence-electron chi connectivity index (χ2n) is 4.26. The van der Waals surface area contributed by atoms with Crippen LogP contribution in [0.3, 0.4) is 0 Å². The zero-order valence-electron chi connectivity index (χ0n) is 10.0. The predicted octanol–water partition coefficient (Wildman–Crippen LogP) is 3.19. The van der Waals surface area contributed by atoms with Crippen molar-refractivity contribution < 1.29 is 0 Å². The van der Waals surface area contributed by atoms with Gasteiger partial charge in [0.2, 0.25) is 0 Å². The normalized spacial score (nSPS) is 12.6. The molecule has 0 saturated carbocycles. The van der Waals surface area contributed by atoms with Crippen molar-refractivity contribution >= 4 is 11.3 Å². The first-order chi connectivity index (χ1) is 8.29. The third kappa shape index (κ3) is 3.40. The smallest absolute Gasteiger partial charge is 0.0556 e. The van der Waals surface area contributed by atoms with Crippen LogP contribution in [0.15, 0.2) is 41.8 Å². The zero-order chi connectivity index (χ0) is 12.1. The number of thiophene rings is 1. The van der Waals surface area contributed by atoms with Gasteiger partial charge in [0.1, 0.15) is 0 Å². The van der Waals surface area contributed by atoms with E-state index in [0.717, 1.165) is 12.8 Å². The van der Waals surface area contributed by atoms with Gasteiger partial charge >= 0.3 is 0 Å². The van der Waals surface area contributed by atoms with Gasteiger partial charge in [0.05, 0.1) is 6.04 Å². The van der Waals surface area contributed by atoms with Crippen LogP contribution < -0.4 is 11.3 Å². The van der Waals surface area contributed by atoms with E-state index in [2.05, 4.69) is 54.1 Å². The molecule has 0 spiro atoms. The van der Waals surface area contributed by atoms with Crippen molar-refractivity contribution in [1.82, 2.24) is 5.43 Å². The summed E-state index contributed by atoms with van der Waals surface area (Å²) in [6, 6.07) is 13.2. The molecule has 0 aliphatic heterocycles. The fraction of sp³-hybridized carbons (Fsp3) is 0.286. The third-order valence-electron chi connectivity index (χ3n) is 2.93. The highest BCUT2D eigenvalue weighted by atomic mass is 32.1. The molecule has 3 heteroatoms. The monoisotopic (exact) mass is 246 g/mol. The van der Waals surface area contributed by atoms with Gasteiger partial charge < -0.3 is 0 Å². The minimum atomic E-state index is 0.260. The predicted molar refractivity (Wildman–Crippen MR) is 73.9 cm³/mol. The maximum atomic E-state index is 5.61. The molecule has 1 aromatic heterocycles. The van der Waals surface area contributed by atoms with Crippen molar-refractivity contribution in [2.45, 2.75) is 25.8 Å². The lowest BCUT2D eigenvalue weighted by Crippen LogP contribution is -2.27. The highest BCUT2D eigenvalue weighted by Gasteiger charge is 2.10. The van der Waals surface area contributed by atoms with Crippen LogP contribution in [0.5, 0.6) is 0 Å². The largest absolute Gasteiger partial charge is 0.271 e. The number of hydrazine groups is 1. The number of hydrogen-bond acceptors (Lipinski definition) is 3. The maximum absolute atomic E-state index is 5.61. The van der Waals surface area contributed by atoms with Crippen molar-refractivity contribution in [2.75, 3.05) is 0 Å². The molecule has 2 rings (SSSR count). The Morgan fingerprint density at radius 2 is 2.00 bits per heavy atom. The summed E-state index contributed by atoms with van der Waals surface area (Å²) in [6.45, 7) is 2.11. The van der Waals surface area contributed by atoms with Crippen LogP contribution in [0.4, 0.5) is 0 Å². The molecule has 0 aliphatic rings. The lowest BCUT2D eigenvalue weighted by atomic mass is 10.0. The first-order valence-electron chi connectivity index (χ1n) is 5.84. The Morgan fingerprint density at radius 3 is 2.59 bits per heavy atom. The number of hydrogen-bond donors (Lipinski definition) is 2. The van der Waals surface area contributed by atoms with Crippen LogP contribution in [0.1, 0.15) is 28.5 Å². The van der Waals surface area contributed by atoms with Crippen LogP contribution in [0, 0.1) is 6.92 Å². The van der Waals surface area contributed by atoms with Gasteiger partial charge in [0.25, 0.3) is 0 Å². The van der Waals surface area contributed by atoms with Crippen molar-refractivity contribution in [1.29, 1.82) is 0 Å². The van der Waals surface area contributed by atoms with E-state index in [1.807, 2.05) is 0 Å². The Balaban J connectivity index is 1.94. The van der Waals surface area contributed by atoms with E-state index >= 15 is 0 Å². The fourth-order valence-electron chi connectivity index (χ4n) is 1.86. The number of aryl methyl sites for hydroxylation is 2. The van der Waals surface area contributed by atoms with Gasteiger partial charge in [-0.15, -0.1) is 11.3 Å². The van der Waals surface area contributed by atoms with Crippen LogP contribution in [0.2, 0.25) is 0 Å². The number of nitrogens with two attached hydrogens (primary N) is 1. The summed E-state index contributed by atoms with van der Waals surface area (Å²) in [7, 11) is 0. The minimum absolute atomic E-state index is 0.260. The second kappa shape index (κ2) is 5.96. The molecular weight excluding hydrogens is 228 g/mol. The molecule has 0 bridgehead atoms. The molecule has 0 aliphatic carbocycles. The van der Waals surface area contributed by atoms with Crippen molar-refractivity contribution in [2.24, 2.45) is 5.84 Å². The topological polar surface area (TPSA) is 38.0 Å². The van der Waals surface area contributed by atoms with Crippen molar-refractivity contribution in [3.8, 4) is 0 Å². The number of benzene rings is 1. The number of nitrogens with one attached hydrogen (secondary N) is 1. The molecule has 3 N–H and O–H groups in total. The van der Waals surface area contributed by atoms with Crippen LogP contribution in [0.25, 0.3) is 0 Å². The van der Waals surface area contributed by atoms with Gasteiger partial charge in [-0.2, -0.15) is 0 Å². The Labute approximate surface area is 106 Å². The maximum Gasteiger partial charge on any atom is 0.0556 e. The fourth-order valence-corrected chi connectivity index (χ4v) is 2.68. The van der Waals surface area contributed by atoms with Crippen molar-refractivity contribution in [3.05, 3.63) is 57.8 Å². The van der Waals surface area contributed by atoms with E-state index in [-0.39, 0.29) is 6.04 Å². The molecule has 0 fully saturated rings. The third-order valence-corrected chi connectivity index (χ3v) is 3.92. The first-order valence-corrected chi connectivity index (χ1v) is 6.72. The summed E-state index contributed by atoms with van der Waals surface area (Å²) in [5.74, 6) is 5.61. The lowest BCUT2D eigenvalue weighted by molar-refractivity contribution is 0.524. The Kier molecular flexibility index (Phi) is 4.31. The molecule has 1 unspecified atom stereocenters. The van der Waals surface area contributed by atoms with E-state index in [9.17, 15) is 0 Å². The minimum Gasteiger partial charge on any atom is -0.271 e. The van der Waals surface area contributed by atoms with Gasteiger partial charge in [0.15, 0.2) is 0 Å². The van der Waals surface area contributed by atoms with E-state index in [1.54, 1.807) is 11.3 Å². The summed E-state index contributed by atoms with van der Waals surface area (Å²) < 4.78 is 0. The Hall–Kier alpha value is -1.16. The summed E-state index contributed by atoms with van der Waals surface area (Å²) in [6.07, 6.45) is 2.08. The molecular formula is C14H18N2S. The van der Waals surface area contributed by atoms with Crippen LogP contribution in [-0.2, 0) is 6.42 Å². The van der Waals surface area contributed by atoms with Gasteiger partial charge in [-0.1, -0.05) is 35.9 Å². The van der Waals surface area contributed by atoms with Gasteiger partial charge in [-0.3, -0.25) is 11.3 Å². The molecule has 90 valence electrons. The molecule has 2 aromatic rings. The van der Waals surface area contributed by atoms with E-state index in [0.29, 0.717) is 0 Å². The highest BCUT2D eigenvalue weighted by Crippen LogP contribution is 2.22. The molecule has 2 nitrogen and oxygen atoms in total. The zero-order valence-corrected chi connectivity index (χ0v) is 10.8. The lowest BCUT2D eigenvalue weighted by Gasteiger charge is -2.14. The Bertz CT molecular complexity index is 434. The molecule has 0 radical (unpaired) electrons. The highest BCUT2D eigenvalue weighted by molar-refractivity contribution is 7.10. The molecule has 17 heavy (non-hydrogen) atoms. The average Bonchev–Trinajstić information content (AvgIpc) is 2.86. The molecule has 0 amide bonds. The van der Waals surface area contributed by atoms with Crippen LogP contribution >= 0.6 is 11.3 Å². The van der Waals surface area contributed by atoms with E-state index < -0.39 is 0 Å². The average molecular weight is 246 g/mol. The summed E-state index contributed by atoms with van der Waals surface area (Å²) in [4.78, 5) is 1.31. The standard InChI is InChI=1S/C14H18N2S/c1-11-4-6-12(7-5-11)8-9-13(16-15)14-3-2-10-17-14/h2-7,10,13,16H,8-9,15H2,1H3. The summed E-state index contributed by atoms with van der Waals surface area (Å²) in [5.41, 5.74) is 5.57. The SMILES string of the molecule is Cc1ccc(CCC(NN)c2cccs2)cc1. The second-order valence-corrected chi connectivity index (χ2v) is 5.24.